The molecule has 2 aromatic rings. The lowest BCUT2D eigenvalue weighted by molar-refractivity contribution is -0.122. The molecule has 6 heteroatoms. The van der Waals surface area contributed by atoms with Crippen LogP contribution in [0.5, 0.6) is 0 Å². The Morgan fingerprint density at radius 3 is 1.89 bits per heavy atom. The van der Waals surface area contributed by atoms with Crippen LogP contribution >= 0.6 is 0 Å². The van der Waals surface area contributed by atoms with Gasteiger partial charge in [0, 0.05) is 17.4 Å². The summed E-state index contributed by atoms with van der Waals surface area (Å²) in [5, 5.41) is 5.34. The number of carbonyl (C=O) groups excluding carboxylic acids is 2. The van der Waals surface area contributed by atoms with Gasteiger partial charge in [0.1, 0.15) is 0 Å². The number of nitrogens with one attached hydrogen (secondary N) is 2. The van der Waals surface area contributed by atoms with Gasteiger partial charge in [0.15, 0.2) is 11.6 Å². The largest absolute Gasteiger partial charge is 0.326 e. The van der Waals surface area contributed by atoms with Crippen molar-refractivity contribution < 1.29 is 18.4 Å². The zero-order chi connectivity index (χ0) is 19.8. The van der Waals surface area contributed by atoms with Crippen LogP contribution in [-0.2, 0) is 15.0 Å². The SMILES string of the molecule is CC(C)(C)c1ccc(NC(=O)C2CC2C(=O)Nc2ccc(F)c(F)c2)cc1. The highest BCUT2D eigenvalue weighted by atomic mass is 19.2. The first-order valence-electron chi connectivity index (χ1n) is 8.82. The summed E-state index contributed by atoms with van der Waals surface area (Å²) >= 11 is 0. The molecule has 0 spiro atoms. The maximum absolute atomic E-state index is 13.2. The Balaban J connectivity index is 1.55. The zero-order valence-electron chi connectivity index (χ0n) is 15.5. The van der Waals surface area contributed by atoms with Crippen LogP contribution in [-0.4, -0.2) is 11.8 Å². The molecule has 2 amide bonds. The van der Waals surface area contributed by atoms with E-state index < -0.39 is 23.5 Å². The Labute approximate surface area is 157 Å². The lowest BCUT2D eigenvalue weighted by Gasteiger charge is -2.19. The molecule has 0 heterocycles. The van der Waals surface area contributed by atoms with Gasteiger partial charge in [-0.15, -0.1) is 0 Å². The van der Waals surface area contributed by atoms with Gasteiger partial charge in [-0.3, -0.25) is 9.59 Å². The molecule has 2 N–H and O–H groups in total. The summed E-state index contributed by atoms with van der Waals surface area (Å²) in [6.07, 6.45) is 0.432. The van der Waals surface area contributed by atoms with E-state index in [-0.39, 0.29) is 22.9 Å². The Bertz CT molecular complexity index is 873. The number of benzene rings is 2. The Morgan fingerprint density at radius 2 is 1.37 bits per heavy atom. The standard InChI is InChI=1S/C21H22F2N2O2/c1-21(2,3)12-4-6-13(7-5-12)24-19(26)15-11-16(15)20(27)25-14-8-9-17(22)18(23)10-14/h4-10,15-16H,11H2,1-3H3,(H,24,26)(H,25,27). The molecule has 27 heavy (non-hydrogen) atoms. The molecule has 2 unspecified atom stereocenters. The predicted molar refractivity (Wildman–Crippen MR) is 100 cm³/mol. The molecule has 1 fully saturated rings. The van der Waals surface area contributed by atoms with E-state index in [4.69, 9.17) is 0 Å². The van der Waals surface area contributed by atoms with Gasteiger partial charge < -0.3 is 10.6 Å². The molecule has 0 aromatic heterocycles. The van der Waals surface area contributed by atoms with Crippen LogP contribution in [0.4, 0.5) is 20.2 Å². The molecule has 1 saturated carbocycles. The highest BCUT2D eigenvalue weighted by molar-refractivity contribution is 6.03. The molecule has 0 bridgehead atoms. The second-order valence-corrected chi connectivity index (χ2v) is 7.88. The number of hydrogen-bond acceptors (Lipinski definition) is 2. The molecule has 142 valence electrons. The van der Waals surface area contributed by atoms with Crippen molar-refractivity contribution in [1.29, 1.82) is 0 Å². The number of carbonyl (C=O) groups is 2. The highest BCUT2D eigenvalue weighted by Crippen LogP contribution is 2.40. The smallest absolute Gasteiger partial charge is 0.228 e. The van der Waals surface area contributed by atoms with Crippen molar-refractivity contribution in [3.8, 4) is 0 Å². The fraction of sp³-hybridized carbons (Fsp3) is 0.333. The van der Waals surface area contributed by atoms with Crippen molar-refractivity contribution in [3.05, 3.63) is 59.7 Å². The summed E-state index contributed by atoms with van der Waals surface area (Å²) in [6.45, 7) is 6.34. The fourth-order valence-corrected chi connectivity index (χ4v) is 2.87. The molecule has 2 atom stereocenters. The first-order chi connectivity index (χ1) is 12.6. The third-order valence-electron chi connectivity index (χ3n) is 4.67. The summed E-state index contributed by atoms with van der Waals surface area (Å²) in [4.78, 5) is 24.5. The minimum Gasteiger partial charge on any atom is -0.326 e. The average Bonchev–Trinajstić information content (AvgIpc) is 3.39. The van der Waals surface area contributed by atoms with Gasteiger partial charge in [-0.25, -0.2) is 8.78 Å². The van der Waals surface area contributed by atoms with Gasteiger partial charge in [0.2, 0.25) is 11.8 Å². The number of rotatable bonds is 4. The molecular weight excluding hydrogens is 350 g/mol. The molecule has 2 aromatic carbocycles. The number of anilines is 2. The van der Waals surface area contributed by atoms with E-state index in [9.17, 15) is 18.4 Å². The molecule has 4 nitrogen and oxygen atoms in total. The Morgan fingerprint density at radius 1 is 0.852 bits per heavy atom. The van der Waals surface area contributed by atoms with Gasteiger partial charge in [-0.1, -0.05) is 32.9 Å². The van der Waals surface area contributed by atoms with Crippen LogP contribution in [0.2, 0.25) is 0 Å². The Hall–Kier alpha value is -2.76. The van der Waals surface area contributed by atoms with Gasteiger partial charge >= 0.3 is 0 Å². The summed E-state index contributed by atoms with van der Waals surface area (Å²) in [5.41, 5.74) is 2.04. The minimum atomic E-state index is -1.03. The van der Waals surface area contributed by atoms with Crippen LogP contribution in [0.15, 0.2) is 42.5 Å². The summed E-state index contributed by atoms with van der Waals surface area (Å²) in [6, 6.07) is 10.8. The van der Waals surface area contributed by atoms with E-state index in [2.05, 4.69) is 31.4 Å². The average molecular weight is 372 g/mol. The highest BCUT2D eigenvalue weighted by Gasteiger charge is 2.48. The summed E-state index contributed by atoms with van der Waals surface area (Å²) in [7, 11) is 0. The van der Waals surface area contributed by atoms with Crippen LogP contribution in [0.3, 0.4) is 0 Å². The van der Waals surface area contributed by atoms with E-state index in [0.717, 1.165) is 17.7 Å². The third kappa shape index (κ3) is 4.51. The van der Waals surface area contributed by atoms with E-state index in [0.29, 0.717) is 12.1 Å². The fourth-order valence-electron chi connectivity index (χ4n) is 2.87. The first-order valence-corrected chi connectivity index (χ1v) is 8.82. The van der Waals surface area contributed by atoms with Crippen molar-refractivity contribution in [2.45, 2.75) is 32.6 Å². The van der Waals surface area contributed by atoms with E-state index in [1.54, 1.807) is 0 Å². The van der Waals surface area contributed by atoms with E-state index >= 15 is 0 Å². The normalized spacial score (nSPS) is 18.7. The predicted octanol–water partition coefficient (Wildman–Crippen LogP) is 4.48. The third-order valence-corrected chi connectivity index (χ3v) is 4.67. The molecule has 1 aliphatic carbocycles. The quantitative estimate of drug-likeness (QED) is 0.832. The van der Waals surface area contributed by atoms with Crippen LogP contribution in [0.1, 0.15) is 32.8 Å². The van der Waals surface area contributed by atoms with Crippen molar-refractivity contribution in [2.24, 2.45) is 11.8 Å². The minimum absolute atomic E-state index is 0.0298. The summed E-state index contributed by atoms with van der Waals surface area (Å²) in [5.74, 6) is -3.48. The number of halogens is 2. The van der Waals surface area contributed by atoms with Gasteiger partial charge in [-0.05, 0) is 41.7 Å². The number of amides is 2. The summed E-state index contributed by atoms with van der Waals surface area (Å²) < 4.78 is 26.1. The second kappa shape index (κ2) is 7.10. The van der Waals surface area contributed by atoms with E-state index in [1.807, 2.05) is 24.3 Å². The maximum atomic E-state index is 13.2. The zero-order valence-corrected chi connectivity index (χ0v) is 15.5. The second-order valence-electron chi connectivity index (χ2n) is 7.88. The lowest BCUT2D eigenvalue weighted by Crippen LogP contribution is -2.20. The first kappa shape index (κ1) is 19.0. The Kier molecular flexibility index (Phi) is 5.00. The monoisotopic (exact) mass is 372 g/mol. The molecule has 0 aliphatic heterocycles. The number of hydrogen-bond donors (Lipinski definition) is 2. The van der Waals surface area contributed by atoms with Crippen molar-refractivity contribution >= 4 is 23.2 Å². The van der Waals surface area contributed by atoms with Crippen LogP contribution in [0.25, 0.3) is 0 Å². The molecule has 0 saturated heterocycles. The molecular formula is C21H22F2N2O2. The van der Waals surface area contributed by atoms with Crippen molar-refractivity contribution in [3.63, 3.8) is 0 Å². The van der Waals surface area contributed by atoms with Gasteiger partial charge in [0.05, 0.1) is 11.8 Å². The molecule has 0 radical (unpaired) electrons. The maximum Gasteiger partial charge on any atom is 0.228 e. The lowest BCUT2D eigenvalue weighted by atomic mass is 9.87. The molecule has 3 rings (SSSR count). The van der Waals surface area contributed by atoms with Crippen LogP contribution in [0, 0.1) is 23.5 Å². The topological polar surface area (TPSA) is 58.2 Å². The van der Waals surface area contributed by atoms with Gasteiger partial charge in [0.25, 0.3) is 0 Å². The van der Waals surface area contributed by atoms with Crippen LogP contribution < -0.4 is 10.6 Å². The molecule has 1 aliphatic rings. The van der Waals surface area contributed by atoms with Gasteiger partial charge in [-0.2, -0.15) is 0 Å². The van der Waals surface area contributed by atoms with Crippen molar-refractivity contribution in [2.75, 3.05) is 10.6 Å². The van der Waals surface area contributed by atoms with Crippen molar-refractivity contribution in [1.82, 2.24) is 0 Å². The van der Waals surface area contributed by atoms with E-state index in [1.165, 1.54) is 6.07 Å².